The molecule has 0 aliphatic carbocycles. The fraction of sp³-hybridized carbons (Fsp3) is 0. The van der Waals surface area contributed by atoms with E-state index in [-0.39, 0.29) is 11.5 Å². The maximum atomic E-state index is 11.9. The highest BCUT2D eigenvalue weighted by Crippen LogP contribution is 2.16. The highest BCUT2D eigenvalue weighted by Gasteiger charge is 2.16. The highest BCUT2D eigenvalue weighted by molar-refractivity contribution is 6.05. The predicted molar refractivity (Wildman–Crippen MR) is 72.4 cm³/mol. The second-order valence-corrected chi connectivity index (χ2v) is 4.09. The van der Waals surface area contributed by atoms with Crippen LogP contribution >= 0.6 is 0 Å². The van der Waals surface area contributed by atoms with E-state index in [1.807, 2.05) is 47.3 Å². The number of aromatic nitrogens is 3. The van der Waals surface area contributed by atoms with Crippen molar-refractivity contribution in [2.75, 3.05) is 11.1 Å². The summed E-state index contributed by atoms with van der Waals surface area (Å²) in [5, 5.41) is 9.51. The zero-order valence-corrected chi connectivity index (χ0v) is 10.4. The maximum Gasteiger partial charge on any atom is 0.281 e. The molecule has 0 atom stereocenters. The molecule has 0 saturated heterocycles. The van der Waals surface area contributed by atoms with E-state index >= 15 is 0 Å². The predicted octanol–water partition coefficient (Wildman–Crippen LogP) is 1.69. The number of carbonyl (C=O) groups excluding carboxylic acids is 1. The largest absolute Gasteiger partial charge is 0.379 e. The second-order valence-electron chi connectivity index (χ2n) is 4.09. The van der Waals surface area contributed by atoms with E-state index in [1.165, 1.54) is 0 Å². The molecule has 100 valence electrons. The molecule has 0 saturated carbocycles. The van der Waals surface area contributed by atoms with Crippen molar-refractivity contribution in [3.05, 3.63) is 54.5 Å². The molecule has 0 radical (unpaired) electrons. The van der Waals surface area contributed by atoms with Crippen LogP contribution in [0.3, 0.4) is 0 Å². The molecule has 1 aromatic carbocycles. The van der Waals surface area contributed by atoms with Crippen molar-refractivity contribution < 1.29 is 9.42 Å². The van der Waals surface area contributed by atoms with Gasteiger partial charge in [-0.1, -0.05) is 6.07 Å². The maximum absolute atomic E-state index is 11.9. The number of nitrogens with two attached hydrogens (primary N) is 1. The Balaban J connectivity index is 1.83. The van der Waals surface area contributed by atoms with Crippen LogP contribution in [0.25, 0.3) is 5.69 Å². The topological polar surface area (TPSA) is 99.0 Å². The number of benzene rings is 1. The summed E-state index contributed by atoms with van der Waals surface area (Å²) in [7, 11) is 0. The van der Waals surface area contributed by atoms with Crippen molar-refractivity contribution in [3.8, 4) is 5.69 Å². The molecule has 7 nitrogen and oxygen atoms in total. The molecule has 0 aliphatic rings. The van der Waals surface area contributed by atoms with E-state index in [0.717, 1.165) is 5.69 Å². The first-order chi connectivity index (χ1) is 9.74. The average Bonchev–Trinajstić information content (AvgIpc) is 3.09. The zero-order chi connectivity index (χ0) is 13.9. The molecule has 0 unspecified atom stereocenters. The lowest BCUT2D eigenvalue weighted by Crippen LogP contribution is -2.14. The Morgan fingerprint density at radius 1 is 1.20 bits per heavy atom. The van der Waals surface area contributed by atoms with Gasteiger partial charge in [0.15, 0.2) is 0 Å². The Labute approximate surface area is 114 Å². The Kier molecular flexibility index (Phi) is 2.92. The first kappa shape index (κ1) is 12.0. The van der Waals surface area contributed by atoms with Crippen molar-refractivity contribution in [1.29, 1.82) is 0 Å². The SMILES string of the molecule is Nc1nonc1C(=O)Nc1cccc(-n2cccc2)c1. The van der Waals surface area contributed by atoms with Crippen molar-refractivity contribution in [2.45, 2.75) is 0 Å². The molecule has 3 aromatic rings. The number of hydrogen-bond acceptors (Lipinski definition) is 5. The molecule has 1 amide bonds. The van der Waals surface area contributed by atoms with E-state index in [2.05, 4.69) is 20.3 Å². The molecule has 20 heavy (non-hydrogen) atoms. The molecule has 3 rings (SSSR count). The molecule has 0 bridgehead atoms. The van der Waals surface area contributed by atoms with Crippen molar-refractivity contribution in [3.63, 3.8) is 0 Å². The minimum atomic E-state index is -0.464. The van der Waals surface area contributed by atoms with E-state index in [9.17, 15) is 4.79 Å². The lowest BCUT2D eigenvalue weighted by Gasteiger charge is -2.07. The van der Waals surface area contributed by atoms with E-state index in [1.54, 1.807) is 6.07 Å². The summed E-state index contributed by atoms with van der Waals surface area (Å²) >= 11 is 0. The van der Waals surface area contributed by atoms with Crippen LogP contribution in [0.15, 0.2) is 53.4 Å². The number of carbonyl (C=O) groups is 1. The van der Waals surface area contributed by atoms with Crippen LogP contribution in [-0.2, 0) is 0 Å². The zero-order valence-electron chi connectivity index (χ0n) is 10.4. The molecule has 2 aromatic heterocycles. The Morgan fingerprint density at radius 2 is 2.00 bits per heavy atom. The normalized spacial score (nSPS) is 10.4. The minimum absolute atomic E-state index is 0.0311. The second kappa shape index (κ2) is 4.88. The van der Waals surface area contributed by atoms with Gasteiger partial charge in [0.05, 0.1) is 0 Å². The Morgan fingerprint density at radius 3 is 2.70 bits per heavy atom. The van der Waals surface area contributed by atoms with Gasteiger partial charge in [-0.05, 0) is 40.6 Å². The summed E-state index contributed by atoms with van der Waals surface area (Å²) in [5.41, 5.74) is 7.00. The van der Waals surface area contributed by atoms with E-state index in [4.69, 9.17) is 5.73 Å². The van der Waals surface area contributed by atoms with Gasteiger partial charge >= 0.3 is 0 Å². The number of nitrogens with zero attached hydrogens (tertiary/aromatic N) is 3. The lowest BCUT2D eigenvalue weighted by atomic mass is 10.2. The van der Waals surface area contributed by atoms with Crippen LogP contribution in [0.1, 0.15) is 10.5 Å². The number of amides is 1. The van der Waals surface area contributed by atoms with Gasteiger partial charge in [0.2, 0.25) is 11.5 Å². The fourth-order valence-electron chi connectivity index (χ4n) is 1.79. The molecule has 2 heterocycles. The molecule has 0 fully saturated rings. The standard InChI is InChI=1S/C13H11N5O2/c14-12-11(16-20-17-12)13(19)15-9-4-3-5-10(8-9)18-6-1-2-7-18/h1-8H,(H2,14,17)(H,15,19). The summed E-state index contributed by atoms with van der Waals surface area (Å²) in [6.45, 7) is 0. The monoisotopic (exact) mass is 269 g/mol. The Bertz CT molecular complexity index is 733. The van der Waals surface area contributed by atoms with Gasteiger partial charge in [-0.3, -0.25) is 4.79 Å². The fourth-order valence-corrected chi connectivity index (χ4v) is 1.79. The smallest absolute Gasteiger partial charge is 0.281 e. The number of hydrogen-bond donors (Lipinski definition) is 2. The summed E-state index contributed by atoms with van der Waals surface area (Å²) in [5.74, 6) is -0.502. The van der Waals surface area contributed by atoms with Gasteiger partial charge in [0.1, 0.15) is 0 Å². The quantitative estimate of drug-likeness (QED) is 0.753. The number of nitrogens with one attached hydrogen (secondary N) is 1. The van der Waals surface area contributed by atoms with Gasteiger partial charge in [0.25, 0.3) is 5.91 Å². The van der Waals surface area contributed by atoms with E-state index in [0.29, 0.717) is 5.69 Å². The molecule has 0 spiro atoms. The summed E-state index contributed by atoms with van der Waals surface area (Å²) < 4.78 is 6.33. The van der Waals surface area contributed by atoms with E-state index < -0.39 is 5.91 Å². The average molecular weight is 269 g/mol. The molecular formula is C13H11N5O2. The van der Waals surface area contributed by atoms with Crippen LogP contribution in [0.2, 0.25) is 0 Å². The number of anilines is 2. The van der Waals surface area contributed by atoms with Crippen molar-refractivity contribution in [1.82, 2.24) is 14.9 Å². The van der Waals surface area contributed by atoms with Gasteiger partial charge in [-0.2, -0.15) is 0 Å². The van der Waals surface area contributed by atoms with Crippen LogP contribution in [-0.4, -0.2) is 20.8 Å². The third-order valence-corrected chi connectivity index (χ3v) is 2.74. The van der Waals surface area contributed by atoms with Crippen LogP contribution in [0.4, 0.5) is 11.5 Å². The van der Waals surface area contributed by atoms with Gasteiger partial charge in [-0.15, -0.1) is 0 Å². The molecule has 7 heteroatoms. The van der Waals surface area contributed by atoms with Crippen LogP contribution < -0.4 is 11.1 Å². The van der Waals surface area contributed by atoms with Gasteiger partial charge in [-0.25, -0.2) is 4.63 Å². The highest BCUT2D eigenvalue weighted by atomic mass is 16.6. The van der Waals surface area contributed by atoms with Gasteiger partial charge < -0.3 is 15.6 Å². The lowest BCUT2D eigenvalue weighted by molar-refractivity contribution is 0.101. The first-order valence-corrected chi connectivity index (χ1v) is 5.87. The van der Waals surface area contributed by atoms with Crippen LogP contribution in [0, 0.1) is 0 Å². The molecular weight excluding hydrogens is 258 g/mol. The van der Waals surface area contributed by atoms with Crippen molar-refractivity contribution >= 4 is 17.4 Å². The number of rotatable bonds is 3. The van der Waals surface area contributed by atoms with Crippen molar-refractivity contribution in [2.24, 2.45) is 0 Å². The third-order valence-electron chi connectivity index (χ3n) is 2.74. The number of nitrogen functional groups attached to an aromatic ring is 1. The third kappa shape index (κ3) is 2.24. The first-order valence-electron chi connectivity index (χ1n) is 5.87. The molecule has 0 aliphatic heterocycles. The molecule has 3 N–H and O–H groups in total. The summed E-state index contributed by atoms with van der Waals surface area (Å²) in [6, 6.07) is 11.2. The Hall–Kier alpha value is -3.09. The minimum Gasteiger partial charge on any atom is -0.379 e. The van der Waals surface area contributed by atoms with Gasteiger partial charge in [0, 0.05) is 23.8 Å². The van der Waals surface area contributed by atoms with Crippen LogP contribution in [0.5, 0.6) is 0 Å². The summed E-state index contributed by atoms with van der Waals surface area (Å²) in [4.78, 5) is 11.9. The summed E-state index contributed by atoms with van der Waals surface area (Å²) in [6.07, 6.45) is 3.83.